The van der Waals surface area contributed by atoms with Gasteiger partial charge < -0.3 is 14.8 Å². The van der Waals surface area contributed by atoms with Crippen molar-refractivity contribution in [3.63, 3.8) is 0 Å². The molecule has 1 aliphatic heterocycles. The van der Waals surface area contributed by atoms with Crippen LogP contribution in [0.25, 0.3) is 11.6 Å². The van der Waals surface area contributed by atoms with Gasteiger partial charge in [0.15, 0.2) is 6.61 Å². The maximum Gasteiger partial charge on any atom is 0.339 e. The highest BCUT2D eigenvalue weighted by molar-refractivity contribution is 6.22. The number of ether oxygens (including phenoxy) is 2. The van der Waals surface area contributed by atoms with Gasteiger partial charge in [-0.25, -0.2) is 4.79 Å². The van der Waals surface area contributed by atoms with Crippen LogP contribution >= 0.6 is 0 Å². The van der Waals surface area contributed by atoms with E-state index in [9.17, 15) is 14.4 Å². The molecule has 0 atom stereocenters. The third kappa shape index (κ3) is 5.10. The first-order valence-corrected chi connectivity index (χ1v) is 10.3. The van der Waals surface area contributed by atoms with Crippen LogP contribution in [0.5, 0.6) is 5.75 Å². The van der Waals surface area contributed by atoms with Crippen molar-refractivity contribution in [2.45, 2.75) is 0 Å². The lowest BCUT2D eigenvalue weighted by Crippen LogP contribution is -2.44. The van der Waals surface area contributed by atoms with E-state index in [0.717, 1.165) is 5.56 Å². The van der Waals surface area contributed by atoms with E-state index in [1.165, 1.54) is 4.90 Å². The van der Waals surface area contributed by atoms with Gasteiger partial charge in [0.1, 0.15) is 12.3 Å². The number of hydrogen-bond donors (Lipinski definition) is 1. The zero-order valence-electron chi connectivity index (χ0n) is 18.0. The average molecular weight is 442 g/mol. The van der Waals surface area contributed by atoms with E-state index < -0.39 is 18.5 Å². The number of carbonyl (C=O) groups excluding carboxylic acids is 3. The molecule has 7 nitrogen and oxygen atoms in total. The fourth-order valence-corrected chi connectivity index (χ4v) is 3.51. The molecule has 1 heterocycles. The van der Waals surface area contributed by atoms with Gasteiger partial charge in [0.25, 0.3) is 5.91 Å². The van der Waals surface area contributed by atoms with Crippen molar-refractivity contribution in [2.75, 3.05) is 30.5 Å². The Hall–Kier alpha value is -4.39. The van der Waals surface area contributed by atoms with Gasteiger partial charge in [0, 0.05) is 0 Å². The Bertz CT molecular complexity index is 1220. The van der Waals surface area contributed by atoms with Crippen LogP contribution in [-0.2, 0) is 19.1 Å². The van der Waals surface area contributed by atoms with Crippen LogP contribution in [0.4, 0.5) is 11.4 Å². The first kappa shape index (κ1) is 21.8. The Morgan fingerprint density at radius 3 is 2.55 bits per heavy atom. The normalized spacial score (nSPS) is 13.1. The Labute approximate surface area is 191 Å². The number of amides is 2. The molecule has 3 aromatic rings. The summed E-state index contributed by atoms with van der Waals surface area (Å²) in [6.45, 7) is -0.638. The number of methoxy groups -OCH3 is 1. The van der Waals surface area contributed by atoms with Crippen molar-refractivity contribution < 1.29 is 23.9 Å². The molecule has 1 aliphatic rings. The molecule has 0 unspecified atom stereocenters. The summed E-state index contributed by atoms with van der Waals surface area (Å²) in [5, 5.41) is 2.73. The first-order chi connectivity index (χ1) is 16.0. The number of nitrogens with zero attached hydrogens (tertiary/aromatic N) is 1. The molecule has 166 valence electrons. The molecule has 0 saturated carbocycles. The lowest BCUT2D eigenvalue weighted by molar-refractivity contribution is -0.142. The SMILES string of the molecule is COc1cccc(C=C(C(=O)OCC(=O)N2CC(=O)Nc3ccccc32)c2ccccc2)c1. The molecule has 0 aliphatic carbocycles. The molecule has 0 fully saturated rings. The van der Waals surface area contributed by atoms with Gasteiger partial charge in [-0.05, 0) is 41.5 Å². The van der Waals surface area contributed by atoms with Gasteiger partial charge in [0.05, 0.1) is 24.1 Å². The monoisotopic (exact) mass is 442 g/mol. The van der Waals surface area contributed by atoms with E-state index in [0.29, 0.717) is 28.3 Å². The number of para-hydroxylation sites is 2. The molecule has 0 bridgehead atoms. The lowest BCUT2D eigenvalue weighted by Gasteiger charge is -2.28. The molecule has 4 rings (SSSR count). The van der Waals surface area contributed by atoms with Crippen molar-refractivity contribution in [1.29, 1.82) is 0 Å². The summed E-state index contributed by atoms with van der Waals surface area (Å²) < 4.78 is 10.6. The molecule has 33 heavy (non-hydrogen) atoms. The average Bonchev–Trinajstić information content (AvgIpc) is 2.85. The Morgan fingerprint density at radius 1 is 1.00 bits per heavy atom. The van der Waals surface area contributed by atoms with E-state index >= 15 is 0 Å². The topological polar surface area (TPSA) is 84.9 Å². The highest BCUT2D eigenvalue weighted by Crippen LogP contribution is 2.29. The molecular weight excluding hydrogens is 420 g/mol. The van der Waals surface area contributed by atoms with Crippen LogP contribution in [0.2, 0.25) is 0 Å². The summed E-state index contributed by atoms with van der Waals surface area (Å²) in [4.78, 5) is 39.2. The van der Waals surface area contributed by atoms with Crippen molar-refractivity contribution in [2.24, 2.45) is 0 Å². The summed E-state index contributed by atoms with van der Waals surface area (Å²) in [5.74, 6) is -0.787. The number of carbonyl (C=O) groups is 3. The molecule has 2 amide bonds. The Morgan fingerprint density at radius 2 is 1.76 bits per heavy atom. The number of esters is 1. The quantitative estimate of drug-likeness (QED) is 0.357. The smallest absolute Gasteiger partial charge is 0.339 e. The van der Waals surface area contributed by atoms with E-state index in [1.54, 1.807) is 55.7 Å². The summed E-state index contributed by atoms with van der Waals surface area (Å²) in [6, 6.07) is 23.3. The van der Waals surface area contributed by atoms with Crippen LogP contribution in [0.3, 0.4) is 0 Å². The minimum atomic E-state index is -0.646. The predicted octanol–water partition coefficient (Wildman–Crippen LogP) is 3.76. The standard InChI is InChI=1S/C26H22N2O5/c1-32-20-11-7-8-18(14-20)15-21(19-9-3-2-4-10-19)26(31)33-17-25(30)28-16-24(29)27-22-12-5-6-13-23(22)28/h2-15H,16-17H2,1H3,(H,27,29). The molecule has 3 aromatic carbocycles. The van der Waals surface area contributed by atoms with Gasteiger partial charge in [0.2, 0.25) is 5.91 Å². The maximum absolute atomic E-state index is 13.0. The van der Waals surface area contributed by atoms with Gasteiger partial charge in [-0.3, -0.25) is 14.5 Å². The second kappa shape index (κ2) is 9.82. The van der Waals surface area contributed by atoms with E-state index in [2.05, 4.69) is 5.32 Å². The van der Waals surface area contributed by atoms with Crippen molar-refractivity contribution in [3.05, 3.63) is 90.0 Å². The molecular formula is C26H22N2O5. The van der Waals surface area contributed by atoms with Crippen LogP contribution in [0.1, 0.15) is 11.1 Å². The fourth-order valence-electron chi connectivity index (χ4n) is 3.51. The fraction of sp³-hybridized carbons (Fsp3) is 0.115. The molecule has 1 N–H and O–H groups in total. The number of fused-ring (bicyclic) bond motifs is 1. The molecule has 0 aromatic heterocycles. The highest BCUT2D eigenvalue weighted by Gasteiger charge is 2.27. The lowest BCUT2D eigenvalue weighted by atomic mass is 10.0. The first-order valence-electron chi connectivity index (χ1n) is 10.3. The van der Waals surface area contributed by atoms with Crippen molar-refractivity contribution in [3.8, 4) is 5.75 Å². The van der Waals surface area contributed by atoms with Crippen molar-refractivity contribution in [1.82, 2.24) is 0 Å². The number of nitrogens with one attached hydrogen (secondary N) is 1. The van der Waals surface area contributed by atoms with Crippen LogP contribution in [0.15, 0.2) is 78.9 Å². The molecule has 0 spiro atoms. The van der Waals surface area contributed by atoms with E-state index in [-0.39, 0.29) is 12.5 Å². The molecule has 0 radical (unpaired) electrons. The molecule has 0 saturated heterocycles. The third-order valence-electron chi connectivity index (χ3n) is 5.11. The number of anilines is 2. The van der Waals surface area contributed by atoms with E-state index in [1.807, 2.05) is 36.4 Å². The third-order valence-corrected chi connectivity index (χ3v) is 5.11. The molecule has 7 heteroatoms. The minimum Gasteiger partial charge on any atom is -0.497 e. The van der Waals surface area contributed by atoms with Gasteiger partial charge in [-0.15, -0.1) is 0 Å². The van der Waals surface area contributed by atoms with Gasteiger partial charge in [-0.1, -0.05) is 54.6 Å². The Kier molecular flexibility index (Phi) is 6.50. The largest absolute Gasteiger partial charge is 0.497 e. The van der Waals surface area contributed by atoms with Crippen LogP contribution in [-0.4, -0.2) is 38.0 Å². The predicted molar refractivity (Wildman–Crippen MR) is 126 cm³/mol. The van der Waals surface area contributed by atoms with Crippen molar-refractivity contribution >= 4 is 40.8 Å². The van der Waals surface area contributed by atoms with Gasteiger partial charge >= 0.3 is 5.97 Å². The summed E-state index contributed by atoms with van der Waals surface area (Å²) in [5.41, 5.74) is 2.80. The van der Waals surface area contributed by atoms with Crippen LogP contribution in [0, 0.1) is 0 Å². The number of hydrogen-bond acceptors (Lipinski definition) is 5. The summed E-state index contributed by atoms with van der Waals surface area (Å²) in [7, 11) is 1.57. The second-order valence-corrected chi connectivity index (χ2v) is 7.32. The summed E-state index contributed by atoms with van der Waals surface area (Å²) in [6.07, 6.45) is 1.69. The zero-order chi connectivity index (χ0) is 23.2. The van der Waals surface area contributed by atoms with E-state index in [4.69, 9.17) is 9.47 Å². The number of rotatable bonds is 6. The maximum atomic E-state index is 13.0. The summed E-state index contributed by atoms with van der Waals surface area (Å²) >= 11 is 0. The highest BCUT2D eigenvalue weighted by atomic mass is 16.5. The Balaban J connectivity index is 1.55. The second-order valence-electron chi connectivity index (χ2n) is 7.32. The minimum absolute atomic E-state index is 0.140. The van der Waals surface area contributed by atoms with Gasteiger partial charge in [-0.2, -0.15) is 0 Å². The number of benzene rings is 3. The zero-order valence-corrected chi connectivity index (χ0v) is 18.0. The van der Waals surface area contributed by atoms with Crippen LogP contribution < -0.4 is 15.0 Å².